The number of ether oxygens (including phenoxy) is 2. The molecule has 1 aliphatic heterocycles. The van der Waals surface area contributed by atoms with E-state index >= 15 is 0 Å². The van der Waals surface area contributed by atoms with Gasteiger partial charge in [0.15, 0.2) is 11.5 Å². The number of nitrogens with one attached hydrogen (secondary N) is 2. The third-order valence-electron chi connectivity index (χ3n) is 4.06. The van der Waals surface area contributed by atoms with Crippen molar-refractivity contribution in [3.8, 4) is 11.5 Å². The average Bonchev–Trinajstić information content (AvgIpc) is 3.35. The quantitative estimate of drug-likeness (QED) is 0.633. The Labute approximate surface area is 160 Å². The molecule has 3 aromatic rings. The van der Waals surface area contributed by atoms with E-state index in [1.807, 2.05) is 31.2 Å². The maximum Gasteiger partial charge on any atom is 0.255 e. The molecule has 27 heavy (non-hydrogen) atoms. The third kappa shape index (κ3) is 4.06. The van der Waals surface area contributed by atoms with Crippen LogP contribution >= 0.6 is 11.8 Å². The number of aryl methyl sites for hydroxylation is 1. The van der Waals surface area contributed by atoms with Gasteiger partial charge in [-0.3, -0.25) is 9.89 Å². The number of aromatic nitrogens is 3. The second-order valence-corrected chi connectivity index (χ2v) is 6.87. The van der Waals surface area contributed by atoms with Crippen LogP contribution in [0.1, 0.15) is 28.7 Å². The number of carbonyl (C=O) groups excluding carboxylic acids is 1. The summed E-state index contributed by atoms with van der Waals surface area (Å²) < 4.78 is 10.6. The van der Waals surface area contributed by atoms with Gasteiger partial charge in [-0.05, 0) is 35.9 Å². The summed E-state index contributed by atoms with van der Waals surface area (Å²) in [5.74, 6) is 2.71. The molecule has 7 nitrogen and oxygen atoms in total. The molecular formula is C19H18N4O3S. The summed E-state index contributed by atoms with van der Waals surface area (Å²) in [5, 5.41) is 10.7. The monoisotopic (exact) mass is 382 g/mol. The third-order valence-corrected chi connectivity index (χ3v) is 4.98. The summed E-state index contributed by atoms with van der Waals surface area (Å²) in [6, 6.07) is 12.9. The Morgan fingerprint density at radius 2 is 2.00 bits per heavy atom. The maximum absolute atomic E-state index is 12.4. The highest BCUT2D eigenvalue weighted by Gasteiger charge is 2.16. The molecular weight excluding hydrogens is 364 g/mol. The number of carbonyl (C=O) groups is 1. The number of rotatable bonds is 6. The van der Waals surface area contributed by atoms with Crippen LogP contribution in [0.5, 0.6) is 11.5 Å². The molecule has 0 unspecified atom stereocenters. The topological polar surface area (TPSA) is 89.1 Å². The van der Waals surface area contributed by atoms with E-state index in [1.54, 1.807) is 30.0 Å². The molecule has 2 aromatic carbocycles. The first-order valence-electron chi connectivity index (χ1n) is 8.55. The molecule has 0 fully saturated rings. The van der Waals surface area contributed by atoms with E-state index in [4.69, 9.17) is 9.47 Å². The lowest BCUT2D eigenvalue weighted by Crippen LogP contribution is -2.11. The number of thioether (sulfide) groups is 1. The number of H-pyrrole nitrogens is 1. The highest BCUT2D eigenvalue weighted by molar-refractivity contribution is 7.98. The lowest BCUT2D eigenvalue weighted by atomic mass is 10.1. The molecule has 1 aromatic heterocycles. The molecule has 0 spiro atoms. The zero-order chi connectivity index (χ0) is 18.6. The van der Waals surface area contributed by atoms with E-state index in [2.05, 4.69) is 20.5 Å². The van der Waals surface area contributed by atoms with Crippen LogP contribution in [0.25, 0.3) is 0 Å². The fraction of sp³-hybridized carbons (Fsp3) is 0.211. The van der Waals surface area contributed by atoms with Crippen LogP contribution in [0, 0.1) is 0 Å². The lowest BCUT2D eigenvalue weighted by Gasteiger charge is -2.07. The lowest BCUT2D eigenvalue weighted by molar-refractivity contribution is 0.102. The highest BCUT2D eigenvalue weighted by atomic mass is 32.2. The van der Waals surface area contributed by atoms with Crippen molar-refractivity contribution in [2.45, 2.75) is 24.3 Å². The van der Waals surface area contributed by atoms with Gasteiger partial charge in [0.05, 0.1) is 0 Å². The highest BCUT2D eigenvalue weighted by Crippen LogP contribution is 2.32. The maximum atomic E-state index is 12.4. The van der Waals surface area contributed by atoms with Crippen molar-refractivity contribution < 1.29 is 14.3 Å². The predicted molar refractivity (Wildman–Crippen MR) is 102 cm³/mol. The number of aromatic amines is 1. The number of hydrogen-bond donors (Lipinski definition) is 2. The van der Waals surface area contributed by atoms with Gasteiger partial charge in [-0.1, -0.05) is 30.8 Å². The van der Waals surface area contributed by atoms with Crippen molar-refractivity contribution >= 4 is 23.4 Å². The minimum atomic E-state index is -0.191. The van der Waals surface area contributed by atoms with Crippen molar-refractivity contribution in [2.24, 2.45) is 0 Å². The average molecular weight is 382 g/mol. The van der Waals surface area contributed by atoms with E-state index < -0.39 is 0 Å². The van der Waals surface area contributed by atoms with E-state index in [0.717, 1.165) is 34.4 Å². The zero-order valence-corrected chi connectivity index (χ0v) is 15.5. The summed E-state index contributed by atoms with van der Waals surface area (Å²) in [6.45, 7) is 2.22. The molecule has 0 bridgehead atoms. The second kappa shape index (κ2) is 7.71. The fourth-order valence-electron chi connectivity index (χ4n) is 2.57. The molecule has 8 heteroatoms. The van der Waals surface area contributed by atoms with Crippen molar-refractivity contribution in [2.75, 3.05) is 12.1 Å². The molecule has 0 atom stereocenters. The van der Waals surface area contributed by atoms with Crippen LogP contribution in [-0.2, 0) is 12.2 Å². The minimum Gasteiger partial charge on any atom is -0.454 e. The molecule has 1 aliphatic rings. The van der Waals surface area contributed by atoms with Crippen molar-refractivity contribution in [3.63, 3.8) is 0 Å². The first kappa shape index (κ1) is 17.4. The van der Waals surface area contributed by atoms with E-state index in [-0.39, 0.29) is 12.7 Å². The van der Waals surface area contributed by atoms with Gasteiger partial charge in [-0.25, -0.2) is 4.98 Å². The van der Waals surface area contributed by atoms with Crippen LogP contribution in [0.2, 0.25) is 0 Å². The standard InChI is InChI=1S/C19H18N4O3S/c1-2-17-21-19(23-22-17)27-10-12-3-6-14(7-4-12)20-18(24)13-5-8-15-16(9-13)26-11-25-15/h3-9H,2,10-11H2,1H3,(H,20,24)(H,21,22,23). The zero-order valence-electron chi connectivity index (χ0n) is 14.7. The molecule has 4 rings (SSSR count). The summed E-state index contributed by atoms with van der Waals surface area (Å²) in [6.07, 6.45) is 0.839. The molecule has 138 valence electrons. The molecule has 0 saturated carbocycles. The normalized spacial score (nSPS) is 12.2. The predicted octanol–water partition coefficient (Wildman–Crippen LogP) is 3.64. The molecule has 0 aliphatic carbocycles. The smallest absolute Gasteiger partial charge is 0.255 e. The number of amides is 1. The van der Waals surface area contributed by atoms with Gasteiger partial charge < -0.3 is 14.8 Å². The number of anilines is 1. The Bertz CT molecular complexity index is 956. The summed E-state index contributed by atoms with van der Waals surface area (Å²) in [5.41, 5.74) is 2.39. The fourth-order valence-corrected chi connectivity index (χ4v) is 3.35. The van der Waals surface area contributed by atoms with Crippen LogP contribution < -0.4 is 14.8 Å². The Morgan fingerprint density at radius 1 is 1.19 bits per heavy atom. The Morgan fingerprint density at radius 3 is 2.78 bits per heavy atom. The van der Waals surface area contributed by atoms with Gasteiger partial charge in [0.2, 0.25) is 11.9 Å². The second-order valence-electron chi connectivity index (χ2n) is 5.93. The van der Waals surface area contributed by atoms with Crippen molar-refractivity contribution in [1.82, 2.24) is 15.2 Å². The molecule has 2 heterocycles. The molecule has 1 amide bonds. The number of nitrogens with zero attached hydrogens (tertiary/aromatic N) is 2. The summed E-state index contributed by atoms with van der Waals surface area (Å²) in [4.78, 5) is 16.8. The van der Waals surface area contributed by atoms with Crippen molar-refractivity contribution in [1.29, 1.82) is 0 Å². The molecule has 0 saturated heterocycles. The van der Waals surface area contributed by atoms with Gasteiger partial charge in [-0.2, -0.15) is 0 Å². The van der Waals surface area contributed by atoms with Gasteiger partial charge in [0.1, 0.15) is 5.82 Å². The number of hydrogen-bond acceptors (Lipinski definition) is 6. The Balaban J connectivity index is 1.35. The van der Waals surface area contributed by atoms with Crippen molar-refractivity contribution in [3.05, 3.63) is 59.4 Å². The minimum absolute atomic E-state index is 0.188. The van der Waals surface area contributed by atoms with Gasteiger partial charge in [0.25, 0.3) is 5.91 Å². The first-order valence-corrected chi connectivity index (χ1v) is 9.54. The van der Waals surface area contributed by atoms with Crippen LogP contribution in [0.15, 0.2) is 47.6 Å². The van der Waals surface area contributed by atoms with Gasteiger partial charge >= 0.3 is 0 Å². The number of benzene rings is 2. The Hall–Kier alpha value is -3.00. The SMILES string of the molecule is CCc1nc(SCc2ccc(NC(=O)c3ccc4c(c3)OCO4)cc2)n[nH]1. The van der Waals surface area contributed by atoms with Gasteiger partial charge in [0, 0.05) is 23.4 Å². The van der Waals surface area contributed by atoms with Crippen LogP contribution in [0.3, 0.4) is 0 Å². The molecule has 0 radical (unpaired) electrons. The largest absolute Gasteiger partial charge is 0.454 e. The van der Waals surface area contributed by atoms with E-state index in [9.17, 15) is 4.79 Å². The molecule has 2 N–H and O–H groups in total. The van der Waals surface area contributed by atoms with E-state index in [0.29, 0.717) is 17.1 Å². The van der Waals surface area contributed by atoms with Gasteiger partial charge in [-0.15, -0.1) is 5.10 Å². The van der Waals surface area contributed by atoms with Crippen LogP contribution in [0.4, 0.5) is 5.69 Å². The van der Waals surface area contributed by atoms with E-state index in [1.165, 1.54) is 0 Å². The summed E-state index contributed by atoms with van der Waals surface area (Å²) in [7, 11) is 0. The number of fused-ring (bicyclic) bond motifs is 1. The first-order chi connectivity index (χ1) is 13.2. The van der Waals surface area contributed by atoms with Crippen LogP contribution in [-0.4, -0.2) is 27.9 Å². The Kier molecular flexibility index (Phi) is 4.97. The summed E-state index contributed by atoms with van der Waals surface area (Å²) >= 11 is 1.57.